The third-order valence-electron chi connectivity index (χ3n) is 4.33. The zero-order valence-corrected chi connectivity index (χ0v) is 22.8. The molecule has 0 aliphatic rings. The fourth-order valence-electron chi connectivity index (χ4n) is 2.33. The number of aromatic amines is 2. The Hall–Kier alpha value is -4.64. The van der Waals surface area contributed by atoms with Crippen LogP contribution >= 0.6 is 0 Å². The van der Waals surface area contributed by atoms with Crippen LogP contribution in [0.15, 0.2) is 95.5 Å². The van der Waals surface area contributed by atoms with Gasteiger partial charge in [0.1, 0.15) is 20.2 Å². The van der Waals surface area contributed by atoms with Gasteiger partial charge >= 0.3 is 0 Å². The van der Waals surface area contributed by atoms with E-state index in [0.717, 1.165) is 11.1 Å². The monoisotopic (exact) mass is 590 g/mol. The van der Waals surface area contributed by atoms with E-state index in [-0.39, 0.29) is 21.2 Å². The molecule has 2 heterocycles. The maximum atomic E-state index is 10.4. The third-order valence-corrected chi connectivity index (χ3v) is 6.03. The Kier molecular flexibility index (Phi) is 13.1. The number of amides is 2. The van der Waals surface area contributed by atoms with Gasteiger partial charge in [0.25, 0.3) is 11.8 Å². The molecule has 4 rings (SSSR count). The lowest BCUT2D eigenvalue weighted by atomic mass is 10.2. The maximum Gasteiger partial charge on any atom is 0.273 e. The molecule has 0 radical (unpaired) electrons. The number of benzene rings is 2. The minimum Gasteiger partial charge on any atom is -0.744 e. The van der Waals surface area contributed by atoms with Gasteiger partial charge in [-0.25, -0.2) is 36.8 Å². The maximum absolute atomic E-state index is 10.4. The van der Waals surface area contributed by atoms with Gasteiger partial charge in [0.05, 0.1) is 22.2 Å². The lowest BCUT2D eigenvalue weighted by Crippen LogP contribution is -2.16. The average Bonchev–Trinajstić information content (AvgIpc) is 2.90. The second-order valence-corrected chi connectivity index (χ2v) is 10.3. The van der Waals surface area contributed by atoms with Crippen molar-refractivity contribution in [1.82, 2.24) is 9.97 Å². The topological polar surface area (TPSA) is 255 Å². The molecule has 0 aliphatic heterocycles. The Labute approximate surface area is 230 Å². The van der Waals surface area contributed by atoms with Crippen molar-refractivity contribution in [2.24, 2.45) is 11.5 Å². The number of aromatic nitrogens is 4. The molecule has 0 atom stereocenters. The summed E-state index contributed by atoms with van der Waals surface area (Å²) >= 11 is 0. The number of hydrogen-bond acceptors (Lipinski definition) is 10. The number of hydrogen-bond donors (Lipinski definition) is 2. The molecule has 14 nitrogen and oxygen atoms in total. The Morgan fingerprint density at radius 2 is 0.950 bits per heavy atom. The molecule has 4 aromatic rings. The minimum absolute atomic E-state index is 0.178. The van der Waals surface area contributed by atoms with Crippen molar-refractivity contribution in [3.05, 3.63) is 108 Å². The van der Waals surface area contributed by atoms with Crippen LogP contribution in [0.3, 0.4) is 0 Å². The van der Waals surface area contributed by atoms with E-state index in [0.29, 0.717) is 0 Å². The number of carbonyl (C=O) groups excluding carboxylic acids is 2. The SMILES string of the molecule is Cc1ccc(S(=O)(=O)[O-])cc1.Cc1ccc(S(=O)(=O)[O-])cc1.NC(=O)c1c[nH+]ccn1.NC(=O)c1c[nH+]ccn1. The first-order valence-corrected chi connectivity index (χ1v) is 13.7. The molecule has 2 aromatic carbocycles. The first-order chi connectivity index (χ1) is 18.6. The molecule has 0 saturated heterocycles. The molecule has 212 valence electrons. The number of primary amides is 2. The van der Waals surface area contributed by atoms with Gasteiger partial charge in [-0.15, -0.1) is 0 Å². The molecule has 2 amide bonds. The van der Waals surface area contributed by atoms with E-state index >= 15 is 0 Å². The van der Waals surface area contributed by atoms with Gasteiger partial charge in [-0.2, -0.15) is 0 Å². The second kappa shape index (κ2) is 15.7. The molecule has 40 heavy (non-hydrogen) atoms. The van der Waals surface area contributed by atoms with Gasteiger partial charge in [-0.3, -0.25) is 9.59 Å². The van der Waals surface area contributed by atoms with Crippen LogP contribution in [0.4, 0.5) is 0 Å². The van der Waals surface area contributed by atoms with Gasteiger partial charge in [0, 0.05) is 0 Å². The van der Waals surface area contributed by atoms with Gasteiger partial charge < -0.3 is 20.6 Å². The highest BCUT2D eigenvalue weighted by Gasteiger charge is 2.02. The van der Waals surface area contributed by atoms with Crippen LogP contribution in [-0.2, 0) is 20.2 Å². The second-order valence-electron chi connectivity index (χ2n) is 7.55. The summed E-state index contributed by atoms with van der Waals surface area (Å²) in [6.07, 6.45) is 9.05. The zero-order valence-electron chi connectivity index (χ0n) is 21.2. The molecule has 0 unspecified atom stereocenters. The van der Waals surface area contributed by atoms with Crippen molar-refractivity contribution < 1.29 is 45.5 Å². The normalized spacial score (nSPS) is 10.3. The number of nitrogens with zero attached hydrogens (tertiary/aromatic N) is 2. The first-order valence-electron chi connectivity index (χ1n) is 10.9. The van der Waals surface area contributed by atoms with Crippen molar-refractivity contribution in [3.8, 4) is 0 Å². The third kappa shape index (κ3) is 13.2. The zero-order chi connectivity index (χ0) is 30.3. The Morgan fingerprint density at radius 3 is 1.12 bits per heavy atom. The van der Waals surface area contributed by atoms with Crippen LogP contribution in [0.1, 0.15) is 32.1 Å². The van der Waals surface area contributed by atoms with E-state index in [2.05, 4.69) is 19.9 Å². The summed E-state index contributed by atoms with van der Waals surface area (Å²) in [5.74, 6) is -1.04. The van der Waals surface area contributed by atoms with Crippen molar-refractivity contribution in [1.29, 1.82) is 0 Å². The van der Waals surface area contributed by atoms with Crippen LogP contribution in [-0.4, -0.2) is 47.7 Å². The van der Waals surface area contributed by atoms with E-state index in [4.69, 9.17) is 11.5 Å². The van der Waals surface area contributed by atoms with Crippen molar-refractivity contribution >= 4 is 32.1 Å². The van der Waals surface area contributed by atoms with Crippen molar-refractivity contribution in [2.45, 2.75) is 23.6 Å². The predicted octanol–water partition coefficient (Wildman–Crippen LogP) is -0.213. The molecule has 0 spiro atoms. The summed E-state index contributed by atoms with van der Waals surface area (Å²) in [6, 6.07) is 11.6. The Morgan fingerprint density at radius 1 is 0.650 bits per heavy atom. The molecule has 0 fully saturated rings. The quantitative estimate of drug-likeness (QED) is 0.295. The number of aryl methyl sites for hydroxylation is 2. The smallest absolute Gasteiger partial charge is 0.273 e. The minimum atomic E-state index is -4.27. The van der Waals surface area contributed by atoms with Crippen molar-refractivity contribution in [2.75, 3.05) is 0 Å². The van der Waals surface area contributed by atoms with Crippen LogP contribution in [0, 0.1) is 13.8 Å². The fourth-order valence-corrected chi connectivity index (χ4v) is 3.27. The molecule has 6 N–H and O–H groups in total. The summed E-state index contributed by atoms with van der Waals surface area (Å²) in [4.78, 5) is 33.0. The van der Waals surface area contributed by atoms with E-state index in [1.165, 1.54) is 49.1 Å². The lowest BCUT2D eigenvalue weighted by molar-refractivity contribution is -0.379. The molecular formula is C24H26N6O8S2. The largest absolute Gasteiger partial charge is 0.744 e. The van der Waals surface area contributed by atoms with E-state index in [1.54, 1.807) is 36.7 Å². The summed E-state index contributed by atoms with van der Waals surface area (Å²) < 4.78 is 62.3. The van der Waals surface area contributed by atoms with E-state index in [9.17, 15) is 35.5 Å². The van der Waals surface area contributed by atoms with E-state index in [1.807, 2.05) is 13.8 Å². The number of carbonyl (C=O) groups is 2. The number of H-pyrrole nitrogens is 2. The Balaban J connectivity index is 0.000000268. The summed E-state index contributed by atoms with van der Waals surface area (Å²) in [5.41, 5.74) is 12.1. The summed E-state index contributed by atoms with van der Waals surface area (Å²) in [5, 5.41) is 0. The number of rotatable bonds is 4. The van der Waals surface area contributed by atoms with Gasteiger partial charge in [-0.1, -0.05) is 35.4 Å². The van der Waals surface area contributed by atoms with Crippen LogP contribution in [0.2, 0.25) is 0 Å². The molecule has 0 bridgehead atoms. The standard InChI is InChI=1S/2C7H8O3S.2C5H5N3O/c2*1-6-2-4-7(5-3-6)11(8,9)10;2*6-5(9)4-3-7-1-2-8-4/h2*2-5H,1H3,(H,8,9,10);2*1-3H,(H2,6,9). The van der Waals surface area contributed by atoms with Gasteiger partial charge in [0.2, 0.25) is 0 Å². The van der Waals surface area contributed by atoms with Crippen LogP contribution in [0.25, 0.3) is 0 Å². The molecular weight excluding hydrogens is 564 g/mol. The average molecular weight is 591 g/mol. The highest BCUT2D eigenvalue weighted by Crippen LogP contribution is 2.09. The summed E-state index contributed by atoms with van der Waals surface area (Å²) in [6.45, 7) is 3.64. The highest BCUT2D eigenvalue weighted by molar-refractivity contribution is 7.86. The molecule has 2 aromatic heterocycles. The lowest BCUT2D eigenvalue weighted by Gasteiger charge is -2.05. The fraction of sp³-hybridized carbons (Fsp3) is 0.0833. The highest BCUT2D eigenvalue weighted by atomic mass is 32.2. The van der Waals surface area contributed by atoms with Crippen LogP contribution < -0.4 is 21.4 Å². The Bertz CT molecular complexity index is 1460. The first kappa shape index (κ1) is 33.4. The van der Waals surface area contributed by atoms with Gasteiger partial charge in [-0.05, 0) is 38.1 Å². The molecule has 0 saturated carbocycles. The van der Waals surface area contributed by atoms with E-state index < -0.39 is 32.1 Å². The van der Waals surface area contributed by atoms with Crippen LogP contribution in [0.5, 0.6) is 0 Å². The number of nitrogens with two attached hydrogens (primary N) is 2. The summed E-state index contributed by atoms with van der Waals surface area (Å²) in [7, 11) is -8.54. The molecule has 0 aliphatic carbocycles. The predicted molar refractivity (Wildman–Crippen MR) is 137 cm³/mol. The van der Waals surface area contributed by atoms with Gasteiger partial charge in [0.15, 0.2) is 36.2 Å². The van der Waals surface area contributed by atoms with Crippen molar-refractivity contribution in [3.63, 3.8) is 0 Å². The molecule has 16 heteroatoms. The number of nitrogens with one attached hydrogen (secondary N) is 2.